The topological polar surface area (TPSA) is 9.23 Å². The number of alkyl halides is 1. The summed E-state index contributed by atoms with van der Waals surface area (Å²) < 4.78 is 6.63. The Morgan fingerprint density at radius 1 is 1.11 bits per heavy atom. The molecule has 1 nitrogen and oxygen atoms in total. The van der Waals surface area contributed by atoms with Gasteiger partial charge in [0, 0.05) is 5.33 Å². The Balaban J connectivity index is 1.98. The third-order valence-electron chi connectivity index (χ3n) is 4.77. The van der Waals surface area contributed by atoms with Crippen molar-refractivity contribution in [3.63, 3.8) is 0 Å². The van der Waals surface area contributed by atoms with Crippen LogP contribution >= 0.6 is 15.9 Å². The number of hydrogen-bond donors (Lipinski definition) is 0. The van der Waals surface area contributed by atoms with Gasteiger partial charge in [0.2, 0.25) is 0 Å². The highest BCUT2D eigenvalue weighted by molar-refractivity contribution is 9.09. The molecule has 0 aromatic rings. The molecule has 0 heterocycles. The largest absolute Gasteiger partial charge is 0.371 e. The predicted octanol–water partition coefficient (Wildman–Crippen LogP) is 5.32. The standard InChI is InChI=1S/C16H29BrO/c1-13-9-14(11-15(2,3)10-13)18-16(12-17)7-5-4-6-8-16/h13-14H,4-12H2,1-3H3. The summed E-state index contributed by atoms with van der Waals surface area (Å²) in [6.07, 6.45) is 10.9. The molecule has 0 radical (unpaired) electrons. The first-order valence-corrected chi connectivity index (χ1v) is 8.81. The third-order valence-corrected chi connectivity index (χ3v) is 5.79. The monoisotopic (exact) mass is 316 g/mol. The Labute approximate surface area is 121 Å². The molecule has 2 rings (SSSR count). The van der Waals surface area contributed by atoms with E-state index in [-0.39, 0.29) is 5.60 Å². The van der Waals surface area contributed by atoms with E-state index in [0.29, 0.717) is 11.5 Å². The van der Waals surface area contributed by atoms with Crippen LogP contribution in [0.5, 0.6) is 0 Å². The van der Waals surface area contributed by atoms with Crippen molar-refractivity contribution in [3.05, 3.63) is 0 Å². The lowest BCUT2D eigenvalue weighted by molar-refractivity contribution is -0.129. The van der Waals surface area contributed by atoms with E-state index in [1.807, 2.05) is 0 Å². The summed E-state index contributed by atoms with van der Waals surface area (Å²) >= 11 is 3.71. The molecule has 0 amide bonds. The molecular weight excluding hydrogens is 288 g/mol. The van der Waals surface area contributed by atoms with Gasteiger partial charge in [-0.2, -0.15) is 0 Å². The van der Waals surface area contributed by atoms with E-state index in [9.17, 15) is 0 Å². The molecule has 0 aliphatic heterocycles. The number of hydrogen-bond acceptors (Lipinski definition) is 1. The van der Waals surface area contributed by atoms with Crippen molar-refractivity contribution in [1.29, 1.82) is 0 Å². The van der Waals surface area contributed by atoms with Crippen LogP contribution in [0, 0.1) is 11.3 Å². The fourth-order valence-electron chi connectivity index (χ4n) is 4.18. The molecule has 2 unspecified atom stereocenters. The number of rotatable bonds is 3. The molecule has 0 N–H and O–H groups in total. The first kappa shape index (κ1) is 14.8. The van der Waals surface area contributed by atoms with Gasteiger partial charge in [0.25, 0.3) is 0 Å². The average Bonchev–Trinajstić information content (AvgIpc) is 2.27. The minimum Gasteiger partial charge on any atom is -0.371 e. The second-order valence-electron chi connectivity index (χ2n) is 7.53. The molecule has 2 atom stereocenters. The second kappa shape index (κ2) is 5.83. The summed E-state index contributed by atoms with van der Waals surface area (Å²) in [5, 5.41) is 1.02. The van der Waals surface area contributed by atoms with Crippen LogP contribution in [0.15, 0.2) is 0 Å². The maximum absolute atomic E-state index is 6.63. The van der Waals surface area contributed by atoms with Crippen LogP contribution < -0.4 is 0 Å². The normalized spacial score (nSPS) is 35.3. The first-order valence-electron chi connectivity index (χ1n) is 7.69. The SMILES string of the molecule is CC1CC(OC2(CBr)CCCCC2)CC(C)(C)C1. The highest BCUT2D eigenvalue weighted by Crippen LogP contribution is 2.43. The van der Waals surface area contributed by atoms with Crippen LogP contribution in [0.4, 0.5) is 0 Å². The lowest BCUT2D eigenvalue weighted by atomic mass is 9.71. The van der Waals surface area contributed by atoms with E-state index in [2.05, 4.69) is 36.7 Å². The van der Waals surface area contributed by atoms with Gasteiger partial charge < -0.3 is 4.74 Å². The summed E-state index contributed by atoms with van der Waals surface area (Å²) in [6.45, 7) is 7.19. The molecule has 0 aromatic carbocycles. The van der Waals surface area contributed by atoms with Gasteiger partial charge in [-0.3, -0.25) is 0 Å². The molecule has 0 bridgehead atoms. The van der Waals surface area contributed by atoms with Crippen LogP contribution in [0.1, 0.15) is 72.1 Å². The maximum Gasteiger partial charge on any atom is 0.0782 e. The quantitative estimate of drug-likeness (QED) is 0.641. The van der Waals surface area contributed by atoms with Gasteiger partial charge in [-0.05, 0) is 43.4 Å². The van der Waals surface area contributed by atoms with Crippen molar-refractivity contribution in [2.75, 3.05) is 5.33 Å². The zero-order valence-corrected chi connectivity index (χ0v) is 13.9. The lowest BCUT2D eigenvalue weighted by Crippen LogP contribution is -2.44. The average molecular weight is 317 g/mol. The smallest absolute Gasteiger partial charge is 0.0782 e. The highest BCUT2D eigenvalue weighted by Gasteiger charge is 2.39. The van der Waals surface area contributed by atoms with Gasteiger partial charge in [0.05, 0.1) is 11.7 Å². The zero-order chi connectivity index (χ0) is 13.2. The van der Waals surface area contributed by atoms with Crippen molar-refractivity contribution in [3.8, 4) is 0 Å². The van der Waals surface area contributed by atoms with E-state index >= 15 is 0 Å². The van der Waals surface area contributed by atoms with Crippen LogP contribution in [0.2, 0.25) is 0 Å². The number of halogens is 1. The molecule has 106 valence electrons. The van der Waals surface area contributed by atoms with Crippen molar-refractivity contribution in [2.24, 2.45) is 11.3 Å². The second-order valence-corrected chi connectivity index (χ2v) is 8.09. The third kappa shape index (κ3) is 3.72. The molecule has 0 saturated heterocycles. The van der Waals surface area contributed by atoms with Gasteiger partial charge in [0.1, 0.15) is 0 Å². The molecule has 2 saturated carbocycles. The van der Waals surface area contributed by atoms with Gasteiger partial charge in [-0.15, -0.1) is 0 Å². The summed E-state index contributed by atoms with van der Waals surface area (Å²) in [4.78, 5) is 0. The molecular formula is C16H29BrO. The Morgan fingerprint density at radius 3 is 2.33 bits per heavy atom. The Hall–Kier alpha value is 0.440. The fourth-order valence-corrected chi connectivity index (χ4v) is 4.87. The van der Waals surface area contributed by atoms with Gasteiger partial charge in [-0.25, -0.2) is 0 Å². The van der Waals surface area contributed by atoms with Gasteiger partial charge in [0.15, 0.2) is 0 Å². The van der Waals surface area contributed by atoms with E-state index in [4.69, 9.17) is 4.74 Å². The summed E-state index contributed by atoms with van der Waals surface area (Å²) in [5.74, 6) is 0.815. The zero-order valence-electron chi connectivity index (χ0n) is 12.3. The van der Waals surface area contributed by atoms with Crippen molar-refractivity contribution >= 4 is 15.9 Å². The van der Waals surface area contributed by atoms with Crippen molar-refractivity contribution in [1.82, 2.24) is 0 Å². The van der Waals surface area contributed by atoms with E-state index in [0.717, 1.165) is 11.2 Å². The molecule has 2 aliphatic rings. The molecule has 0 aromatic heterocycles. The predicted molar refractivity (Wildman–Crippen MR) is 81.3 cm³/mol. The molecule has 2 heteroatoms. The molecule has 2 aliphatic carbocycles. The van der Waals surface area contributed by atoms with Crippen LogP contribution in [-0.4, -0.2) is 17.0 Å². The Morgan fingerprint density at radius 2 is 1.78 bits per heavy atom. The van der Waals surface area contributed by atoms with Crippen molar-refractivity contribution in [2.45, 2.75) is 83.8 Å². The highest BCUT2D eigenvalue weighted by atomic mass is 79.9. The minimum absolute atomic E-state index is 0.149. The van der Waals surface area contributed by atoms with Crippen LogP contribution in [-0.2, 0) is 4.74 Å². The van der Waals surface area contributed by atoms with E-state index < -0.39 is 0 Å². The van der Waals surface area contributed by atoms with Crippen molar-refractivity contribution < 1.29 is 4.74 Å². The van der Waals surface area contributed by atoms with E-state index in [1.165, 1.54) is 51.4 Å². The Kier molecular flexibility index (Phi) is 4.80. The molecule has 18 heavy (non-hydrogen) atoms. The summed E-state index contributed by atoms with van der Waals surface area (Å²) in [5.41, 5.74) is 0.612. The first-order chi connectivity index (χ1) is 8.45. The molecule has 2 fully saturated rings. The Bertz CT molecular complexity index is 268. The van der Waals surface area contributed by atoms with Gasteiger partial charge in [-0.1, -0.05) is 56.0 Å². The van der Waals surface area contributed by atoms with Crippen LogP contribution in [0.3, 0.4) is 0 Å². The maximum atomic E-state index is 6.63. The van der Waals surface area contributed by atoms with Crippen LogP contribution in [0.25, 0.3) is 0 Å². The van der Waals surface area contributed by atoms with Gasteiger partial charge >= 0.3 is 0 Å². The summed E-state index contributed by atoms with van der Waals surface area (Å²) in [7, 11) is 0. The summed E-state index contributed by atoms with van der Waals surface area (Å²) in [6, 6.07) is 0. The number of ether oxygens (including phenoxy) is 1. The minimum atomic E-state index is 0.149. The molecule has 0 spiro atoms. The van der Waals surface area contributed by atoms with E-state index in [1.54, 1.807) is 0 Å². The fraction of sp³-hybridized carbons (Fsp3) is 1.00. The lowest BCUT2D eigenvalue weighted by Gasteiger charge is -2.45.